The molecule has 0 aromatic heterocycles. The molecule has 1 rings (SSSR count). The Balaban J connectivity index is 2.86. The van der Waals surface area contributed by atoms with Gasteiger partial charge >= 0.3 is 7.12 Å². The zero-order valence-electron chi connectivity index (χ0n) is 12.3. The summed E-state index contributed by atoms with van der Waals surface area (Å²) in [7, 11) is 0.0212. The number of ether oxygens (including phenoxy) is 1. The summed E-state index contributed by atoms with van der Waals surface area (Å²) in [5.41, 5.74) is 1.48. The Kier molecular flexibility index (Phi) is 6.35. The van der Waals surface area contributed by atoms with Crippen molar-refractivity contribution in [3.63, 3.8) is 0 Å². The van der Waals surface area contributed by atoms with Gasteiger partial charge in [-0.3, -0.25) is 4.90 Å². The average Bonchev–Trinajstić information content (AvgIpc) is 2.37. The van der Waals surface area contributed by atoms with Crippen molar-refractivity contribution in [1.29, 1.82) is 0 Å². The van der Waals surface area contributed by atoms with Crippen LogP contribution in [0, 0.1) is 5.92 Å². The van der Waals surface area contributed by atoms with Crippen molar-refractivity contribution in [3.8, 4) is 5.75 Å². The molecule has 0 atom stereocenters. The quantitative estimate of drug-likeness (QED) is 0.718. The predicted molar refractivity (Wildman–Crippen MR) is 78.6 cm³/mol. The molecule has 0 aliphatic rings. The normalized spacial score (nSPS) is 11.2. The first-order valence-corrected chi connectivity index (χ1v) is 6.73. The molecule has 0 aliphatic carbocycles. The summed E-state index contributed by atoms with van der Waals surface area (Å²) in [5, 5.41) is 18.7. The molecule has 0 aliphatic heterocycles. The van der Waals surface area contributed by atoms with Crippen LogP contribution in [0.1, 0.15) is 26.3 Å². The Bertz CT molecular complexity index is 396. The first kappa shape index (κ1) is 16.0. The van der Waals surface area contributed by atoms with Gasteiger partial charge in [0.1, 0.15) is 5.75 Å². The molecule has 0 saturated heterocycles. The van der Waals surface area contributed by atoms with Gasteiger partial charge in [0, 0.05) is 18.6 Å². The van der Waals surface area contributed by atoms with Crippen molar-refractivity contribution in [2.24, 2.45) is 5.92 Å². The maximum absolute atomic E-state index is 9.36. The number of rotatable bonds is 7. The highest BCUT2D eigenvalue weighted by Gasteiger charge is 2.18. The minimum atomic E-state index is -1.50. The van der Waals surface area contributed by atoms with Crippen LogP contribution in [0.25, 0.3) is 0 Å². The molecule has 4 nitrogen and oxygen atoms in total. The van der Waals surface area contributed by atoms with Crippen molar-refractivity contribution in [3.05, 3.63) is 23.8 Å². The van der Waals surface area contributed by atoms with Gasteiger partial charge in [0.15, 0.2) is 0 Å². The second kappa shape index (κ2) is 7.53. The zero-order chi connectivity index (χ0) is 14.4. The molecular weight excluding hydrogens is 241 g/mol. The van der Waals surface area contributed by atoms with E-state index >= 15 is 0 Å². The van der Waals surface area contributed by atoms with E-state index in [2.05, 4.69) is 25.7 Å². The fourth-order valence-corrected chi connectivity index (χ4v) is 2.16. The molecule has 0 heterocycles. The van der Waals surface area contributed by atoms with Crippen molar-refractivity contribution < 1.29 is 14.8 Å². The van der Waals surface area contributed by atoms with Gasteiger partial charge in [-0.2, -0.15) is 0 Å². The Morgan fingerprint density at radius 2 is 2.00 bits per heavy atom. The SMILES string of the molecule is CCN(Cc1ccc(OC)c(B(O)O)c1)CC(C)C. The molecule has 0 amide bonds. The highest BCUT2D eigenvalue weighted by Crippen LogP contribution is 2.12. The minimum absolute atomic E-state index is 0.417. The van der Waals surface area contributed by atoms with Crippen LogP contribution in [-0.2, 0) is 6.54 Å². The highest BCUT2D eigenvalue weighted by molar-refractivity contribution is 6.59. The van der Waals surface area contributed by atoms with E-state index in [1.807, 2.05) is 6.07 Å². The van der Waals surface area contributed by atoms with Gasteiger partial charge in [-0.1, -0.05) is 32.9 Å². The van der Waals surface area contributed by atoms with Crippen LogP contribution in [0.3, 0.4) is 0 Å². The lowest BCUT2D eigenvalue weighted by atomic mass is 9.78. The molecule has 2 N–H and O–H groups in total. The van der Waals surface area contributed by atoms with E-state index in [1.165, 1.54) is 7.11 Å². The number of hydrogen-bond acceptors (Lipinski definition) is 4. The number of nitrogens with zero attached hydrogens (tertiary/aromatic N) is 1. The third-order valence-corrected chi connectivity index (χ3v) is 3.05. The van der Waals surface area contributed by atoms with Gasteiger partial charge < -0.3 is 14.8 Å². The molecule has 1 aromatic carbocycles. The van der Waals surface area contributed by atoms with Gasteiger partial charge in [-0.05, 0) is 24.1 Å². The van der Waals surface area contributed by atoms with Crippen molar-refractivity contribution in [2.45, 2.75) is 27.3 Å². The van der Waals surface area contributed by atoms with Crippen LogP contribution in [0.15, 0.2) is 18.2 Å². The molecule has 0 unspecified atom stereocenters. The van der Waals surface area contributed by atoms with E-state index in [4.69, 9.17) is 4.74 Å². The molecule has 0 bridgehead atoms. The average molecular weight is 265 g/mol. The zero-order valence-corrected chi connectivity index (χ0v) is 12.3. The summed E-state index contributed by atoms with van der Waals surface area (Å²) in [6.45, 7) is 9.33. The third-order valence-electron chi connectivity index (χ3n) is 3.05. The lowest BCUT2D eigenvalue weighted by molar-refractivity contribution is 0.248. The molecule has 0 saturated carbocycles. The Labute approximate surface area is 116 Å². The lowest BCUT2D eigenvalue weighted by Crippen LogP contribution is -2.33. The standard InChI is InChI=1S/C14H24BNO3/c1-5-16(9-11(2)3)10-12-6-7-14(19-4)13(8-12)15(17)18/h6-8,11,17-18H,5,9-10H2,1-4H3. The molecule has 19 heavy (non-hydrogen) atoms. The van der Waals surface area contributed by atoms with Crippen LogP contribution in [0.2, 0.25) is 0 Å². The second-order valence-electron chi connectivity index (χ2n) is 5.17. The molecule has 5 heteroatoms. The topological polar surface area (TPSA) is 52.9 Å². The van der Waals surface area contributed by atoms with E-state index in [9.17, 15) is 10.0 Å². The lowest BCUT2D eigenvalue weighted by Gasteiger charge is -2.23. The third kappa shape index (κ3) is 4.86. The van der Waals surface area contributed by atoms with Gasteiger partial charge in [0.2, 0.25) is 0 Å². The van der Waals surface area contributed by atoms with Gasteiger partial charge in [-0.25, -0.2) is 0 Å². The first-order valence-electron chi connectivity index (χ1n) is 6.73. The fourth-order valence-electron chi connectivity index (χ4n) is 2.16. The molecule has 106 valence electrons. The van der Waals surface area contributed by atoms with Crippen molar-refractivity contribution in [2.75, 3.05) is 20.2 Å². The van der Waals surface area contributed by atoms with Crippen LogP contribution in [0.5, 0.6) is 5.75 Å². The summed E-state index contributed by atoms with van der Waals surface area (Å²) in [4.78, 5) is 2.33. The van der Waals surface area contributed by atoms with Gasteiger partial charge in [0.05, 0.1) is 7.11 Å². The largest absolute Gasteiger partial charge is 0.497 e. The molecule has 1 aromatic rings. The van der Waals surface area contributed by atoms with E-state index in [1.54, 1.807) is 12.1 Å². The molecule has 0 radical (unpaired) electrons. The summed E-state index contributed by atoms with van der Waals surface area (Å²) in [5.74, 6) is 1.12. The summed E-state index contributed by atoms with van der Waals surface area (Å²) in [6, 6.07) is 5.55. The Hall–Kier alpha value is -1.04. The monoisotopic (exact) mass is 265 g/mol. The Morgan fingerprint density at radius 3 is 2.47 bits per heavy atom. The number of methoxy groups -OCH3 is 1. The highest BCUT2D eigenvalue weighted by atomic mass is 16.5. The van der Waals surface area contributed by atoms with Crippen LogP contribution in [0.4, 0.5) is 0 Å². The minimum Gasteiger partial charge on any atom is -0.497 e. The van der Waals surface area contributed by atoms with Crippen LogP contribution in [-0.4, -0.2) is 42.3 Å². The Morgan fingerprint density at radius 1 is 1.32 bits per heavy atom. The summed E-state index contributed by atoms with van der Waals surface area (Å²) in [6.07, 6.45) is 0. The van der Waals surface area contributed by atoms with Crippen LogP contribution < -0.4 is 10.2 Å². The van der Waals surface area contributed by atoms with Gasteiger partial charge in [0.25, 0.3) is 0 Å². The second-order valence-corrected chi connectivity index (χ2v) is 5.17. The maximum atomic E-state index is 9.36. The number of hydrogen-bond donors (Lipinski definition) is 2. The molecule has 0 spiro atoms. The predicted octanol–water partition coefficient (Wildman–Crippen LogP) is 0.853. The van der Waals surface area contributed by atoms with Gasteiger partial charge in [-0.15, -0.1) is 0 Å². The maximum Gasteiger partial charge on any atom is 0.492 e. The van der Waals surface area contributed by atoms with E-state index in [-0.39, 0.29) is 0 Å². The van der Waals surface area contributed by atoms with E-state index in [0.717, 1.165) is 25.2 Å². The number of benzene rings is 1. The van der Waals surface area contributed by atoms with E-state index < -0.39 is 7.12 Å². The smallest absolute Gasteiger partial charge is 0.492 e. The molecule has 0 fully saturated rings. The van der Waals surface area contributed by atoms with E-state index in [0.29, 0.717) is 17.1 Å². The summed E-state index contributed by atoms with van der Waals surface area (Å²) >= 11 is 0. The van der Waals surface area contributed by atoms with Crippen LogP contribution >= 0.6 is 0 Å². The van der Waals surface area contributed by atoms with Crippen molar-refractivity contribution >= 4 is 12.6 Å². The summed E-state index contributed by atoms with van der Waals surface area (Å²) < 4.78 is 5.12. The molecular formula is C14H24BNO3. The first-order chi connectivity index (χ1) is 8.97. The van der Waals surface area contributed by atoms with Crippen molar-refractivity contribution in [1.82, 2.24) is 4.90 Å². The fraction of sp³-hybridized carbons (Fsp3) is 0.571.